The monoisotopic (exact) mass is 462 g/mol. The highest BCUT2D eigenvalue weighted by Crippen LogP contribution is 2.34. The third-order valence-corrected chi connectivity index (χ3v) is 4.55. The zero-order chi connectivity index (χ0) is 24.3. The maximum atomic E-state index is 13.7. The summed E-state index contributed by atoms with van der Waals surface area (Å²) in [6.45, 7) is 2.88. The number of hydrogen-bond acceptors (Lipinski definition) is 6. The Morgan fingerprint density at radius 3 is 2.52 bits per heavy atom. The van der Waals surface area contributed by atoms with Crippen molar-refractivity contribution < 1.29 is 32.4 Å². The lowest BCUT2D eigenvalue weighted by atomic mass is 10.1. The number of halogens is 3. The van der Waals surface area contributed by atoms with Crippen LogP contribution in [0.15, 0.2) is 48.7 Å². The summed E-state index contributed by atoms with van der Waals surface area (Å²) in [5, 5.41) is 17.1. The number of anilines is 1. The van der Waals surface area contributed by atoms with Crippen molar-refractivity contribution in [2.24, 2.45) is 0 Å². The van der Waals surface area contributed by atoms with Crippen LogP contribution in [-0.4, -0.2) is 33.2 Å². The topological polar surface area (TPSA) is 116 Å². The minimum Gasteiger partial charge on any atom is -0.462 e. The Balaban J connectivity index is 1.94. The van der Waals surface area contributed by atoms with Crippen LogP contribution in [0.4, 0.5) is 24.5 Å². The molecule has 1 aromatic heterocycles. The first-order valence-corrected chi connectivity index (χ1v) is 9.52. The molecule has 2 aromatic carbocycles. The number of alkyl halides is 3. The van der Waals surface area contributed by atoms with E-state index in [4.69, 9.17) is 0 Å². The third-order valence-electron chi connectivity index (χ3n) is 4.55. The summed E-state index contributed by atoms with van der Waals surface area (Å²) in [7, 11) is 0. The minimum absolute atomic E-state index is 0.0592. The largest absolute Gasteiger partial charge is 0.462 e. The van der Waals surface area contributed by atoms with Crippen LogP contribution < -0.4 is 5.32 Å². The number of hydrogen-bond donors (Lipinski definition) is 1. The van der Waals surface area contributed by atoms with E-state index in [9.17, 15) is 32.9 Å². The van der Waals surface area contributed by atoms with Gasteiger partial charge in [0.25, 0.3) is 11.6 Å². The number of nitrogens with one attached hydrogen (secondary N) is 1. The molecule has 1 amide bonds. The van der Waals surface area contributed by atoms with Crippen LogP contribution >= 0.6 is 0 Å². The Labute approximate surface area is 184 Å². The number of aromatic nitrogens is 2. The molecule has 9 nitrogen and oxygen atoms in total. The fourth-order valence-electron chi connectivity index (χ4n) is 3.11. The summed E-state index contributed by atoms with van der Waals surface area (Å²) in [6, 6.07) is 9.12. The maximum Gasteiger partial charge on any atom is 0.434 e. The first kappa shape index (κ1) is 23.4. The first-order valence-electron chi connectivity index (χ1n) is 9.52. The molecular weight excluding hydrogens is 445 g/mol. The molecule has 1 heterocycles. The average molecular weight is 462 g/mol. The number of benzene rings is 2. The minimum atomic E-state index is -4.91. The van der Waals surface area contributed by atoms with E-state index in [2.05, 4.69) is 15.2 Å². The van der Waals surface area contributed by atoms with Gasteiger partial charge in [-0.25, -0.2) is 9.48 Å². The van der Waals surface area contributed by atoms with Gasteiger partial charge in [-0.1, -0.05) is 6.07 Å². The molecule has 0 bridgehead atoms. The smallest absolute Gasteiger partial charge is 0.434 e. The highest BCUT2D eigenvalue weighted by molar-refractivity contribution is 6.05. The van der Waals surface area contributed by atoms with Gasteiger partial charge in [-0.05, 0) is 43.7 Å². The number of amides is 1. The van der Waals surface area contributed by atoms with Gasteiger partial charge in [0.1, 0.15) is 5.56 Å². The first-order chi connectivity index (χ1) is 15.5. The highest BCUT2D eigenvalue weighted by Gasteiger charge is 2.41. The van der Waals surface area contributed by atoms with Crippen molar-refractivity contribution in [1.82, 2.24) is 9.78 Å². The third kappa shape index (κ3) is 5.00. The van der Waals surface area contributed by atoms with E-state index < -0.39 is 34.2 Å². The molecule has 0 atom stereocenters. The molecule has 3 rings (SSSR count). The van der Waals surface area contributed by atoms with Crippen molar-refractivity contribution in [3.8, 4) is 5.69 Å². The molecule has 0 unspecified atom stereocenters. The molecule has 172 valence electrons. The van der Waals surface area contributed by atoms with Crippen molar-refractivity contribution in [2.45, 2.75) is 20.0 Å². The average Bonchev–Trinajstić information content (AvgIpc) is 3.20. The molecule has 12 heteroatoms. The maximum absolute atomic E-state index is 13.7. The summed E-state index contributed by atoms with van der Waals surface area (Å²) >= 11 is 0. The van der Waals surface area contributed by atoms with Gasteiger partial charge in [0, 0.05) is 23.4 Å². The van der Waals surface area contributed by atoms with Gasteiger partial charge in [0.2, 0.25) is 0 Å². The van der Waals surface area contributed by atoms with E-state index >= 15 is 0 Å². The van der Waals surface area contributed by atoms with E-state index in [1.165, 1.54) is 56.3 Å². The predicted octanol–water partition coefficient (Wildman–Crippen LogP) is 4.54. The van der Waals surface area contributed by atoms with Crippen LogP contribution in [0, 0.1) is 17.0 Å². The van der Waals surface area contributed by atoms with E-state index in [0.717, 1.165) is 6.20 Å². The van der Waals surface area contributed by atoms with Crippen molar-refractivity contribution in [3.05, 3.63) is 81.2 Å². The number of nitrogens with zero attached hydrogens (tertiary/aromatic N) is 3. The number of ether oxygens (including phenoxy) is 1. The lowest BCUT2D eigenvalue weighted by molar-refractivity contribution is -0.384. The fraction of sp³-hybridized carbons (Fsp3) is 0.190. The van der Waals surface area contributed by atoms with Gasteiger partial charge in [-0.2, -0.15) is 18.3 Å². The molecule has 0 aliphatic rings. The van der Waals surface area contributed by atoms with Gasteiger partial charge < -0.3 is 10.1 Å². The van der Waals surface area contributed by atoms with Crippen molar-refractivity contribution in [3.63, 3.8) is 0 Å². The Kier molecular flexibility index (Phi) is 6.47. The molecule has 0 spiro atoms. The molecule has 0 saturated heterocycles. The van der Waals surface area contributed by atoms with Crippen molar-refractivity contribution in [2.75, 3.05) is 11.9 Å². The summed E-state index contributed by atoms with van der Waals surface area (Å²) in [6.07, 6.45) is -4.14. The molecule has 0 saturated carbocycles. The normalized spacial score (nSPS) is 11.2. The second kappa shape index (κ2) is 9.10. The number of esters is 1. The van der Waals surface area contributed by atoms with Crippen molar-refractivity contribution >= 4 is 23.3 Å². The van der Waals surface area contributed by atoms with Gasteiger partial charge in [-0.3, -0.25) is 14.9 Å². The van der Waals surface area contributed by atoms with Crippen LogP contribution in [0.2, 0.25) is 0 Å². The number of nitro groups is 1. The molecule has 0 radical (unpaired) electrons. The SMILES string of the molecule is CCOC(=O)c1cnn(-c2cccc(NC(=O)c3ccc([N+](=O)[O-])cc3C)c2)c1C(F)(F)F. The summed E-state index contributed by atoms with van der Waals surface area (Å²) < 4.78 is 46.3. The fourth-order valence-corrected chi connectivity index (χ4v) is 3.11. The van der Waals surface area contributed by atoms with E-state index in [1.54, 1.807) is 0 Å². The number of carbonyl (C=O) groups is 2. The van der Waals surface area contributed by atoms with Crippen LogP contribution in [-0.2, 0) is 10.9 Å². The van der Waals surface area contributed by atoms with Crippen LogP contribution in [0.5, 0.6) is 0 Å². The Bertz CT molecular complexity index is 1240. The number of non-ortho nitro benzene ring substituents is 1. The summed E-state index contributed by atoms with van der Waals surface area (Å²) in [4.78, 5) is 34.8. The molecule has 3 aromatic rings. The standard InChI is InChI=1S/C21H17F3N4O5/c1-3-33-20(30)17-11-25-27(18(17)21(22,23)24)14-6-4-5-13(10-14)26-19(29)16-8-7-15(28(31)32)9-12(16)2/h4-11H,3H2,1-2H3,(H,26,29). The van der Waals surface area contributed by atoms with Gasteiger partial charge in [0.05, 0.1) is 23.4 Å². The lowest BCUT2D eigenvalue weighted by Gasteiger charge is -2.14. The Hall–Kier alpha value is -4.22. The summed E-state index contributed by atoms with van der Waals surface area (Å²) in [5.74, 6) is -1.77. The quantitative estimate of drug-likeness (QED) is 0.327. The van der Waals surface area contributed by atoms with Crippen LogP contribution in [0.1, 0.15) is 38.9 Å². The van der Waals surface area contributed by atoms with Crippen LogP contribution in [0.25, 0.3) is 5.69 Å². The zero-order valence-corrected chi connectivity index (χ0v) is 17.3. The number of rotatable bonds is 6. The Morgan fingerprint density at radius 1 is 1.18 bits per heavy atom. The number of carbonyl (C=O) groups excluding carboxylic acids is 2. The predicted molar refractivity (Wildman–Crippen MR) is 110 cm³/mol. The molecule has 1 N–H and O–H groups in total. The number of aryl methyl sites for hydroxylation is 1. The van der Waals surface area contributed by atoms with E-state index in [1.807, 2.05) is 0 Å². The summed E-state index contributed by atoms with van der Waals surface area (Å²) in [5.41, 5.74) is -1.63. The highest BCUT2D eigenvalue weighted by atomic mass is 19.4. The van der Waals surface area contributed by atoms with Crippen LogP contribution in [0.3, 0.4) is 0 Å². The Morgan fingerprint density at radius 2 is 1.91 bits per heavy atom. The molecule has 0 aliphatic carbocycles. The lowest BCUT2D eigenvalue weighted by Crippen LogP contribution is -2.19. The molecule has 0 aliphatic heterocycles. The second-order valence-corrected chi connectivity index (χ2v) is 6.80. The van der Waals surface area contributed by atoms with E-state index in [-0.39, 0.29) is 29.2 Å². The van der Waals surface area contributed by atoms with Gasteiger partial charge >= 0.3 is 12.1 Å². The van der Waals surface area contributed by atoms with Crippen molar-refractivity contribution in [1.29, 1.82) is 0 Å². The second-order valence-electron chi connectivity index (χ2n) is 6.80. The van der Waals surface area contributed by atoms with E-state index in [0.29, 0.717) is 10.2 Å². The molecular formula is C21H17F3N4O5. The van der Waals surface area contributed by atoms with Gasteiger partial charge in [0.15, 0.2) is 5.69 Å². The molecule has 0 fully saturated rings. The zero-order valence-electron chi connectivity index (χ0n) is 17.3. The molecule has 33 heavy (non-hydrogen) atoms. The van der Waals surface area contributed by atoms with Gasteiger partial charge in [-0.15, -0.1) is 0 Å². The number of nitro benzene ring substituents is 1.